The van der Waals surface area contributed by atoms with Crippen molar-refractivity contribution in [3.05, 3.63) is 20.3 Å². The quantitative estimate of drug-likeness (QED) is 0.620. The van der Waals surface area contributed by atoms with Gasteiger partial charge in [-0.15, -0.1) is 0 Å². The Balaban J connectivity index is 3.87. The summed E-state index contributed by atoms with van der Waals surface area (Å²) in [5.41, 5.74) is 0. The molecule has 0 saturated heterocycles. The summed E-state index contributed by atoms with van der Waals surface area (Å²) in [6.45, 7) is 6.74. The van der Waals surface area contributed by atoms with Crippen LogP contribution in [0.4, 0.5) is 0 Å². The third-order valence-corrected chi connectivity index (χ3v) is 9.57. The first-order valence-electron chi connectivity index (χ1n) is 5.68. The fourth-order valence-electron chi connectivity index (χ4n) is 1.32. The third kappa shape index (κ3) is 8.60. The molecule has 0 aromatic carbocycles. The van der Waals surface area contributed by atoms with Gasteiger partial charge in [-0.25, -0.2) is 0 Å². The van der Waals surface area contributed by atoms with Crippen molar-refractivity contribution < 1.29 is 0 Å². The summed E-state index contributed by atoms with van der Waals surface area (Å²) in [6, 6.07) is 0. The van der Waals surface area contributed by atoms with Crippen LogP contribution in [-0.2, 0) is 0 Å². The van der Waals surface area contributed by atoms with Gasteiger partial charge in [-0.2, -0.15) is 0 Å². The van der Waals surface area contributed by atoms with E-state index in [0.717, 1.165) is 0 Å². The number of hydrogen-bond acceptors (Lipinski definition) is 0. The number of allylic oxidation sites excluding steroid dienone is 2. The first-order valence-corrected chi connectivity index (χ1v) is 11.8. The van der Waals surface area contributed by atoms with Gasteiger partial charge in [-0.1, -0.05) is 0 Å². The molecule has 0 rings (SSSR count). The van der Waals surface area contributed by atoms with E-state index < -0.39 is 19.8 Å². The molecule has 0 heterocycles. The molecule has 0 radical (unpaired) electrons. The van der Waals surface area contributed by atoms with Crippen molar-refractivity contribution >= 4 is 19.8 Å². The minimum atomic E-state index is -1.33. The molecular weight excluding hydrogens is 263 g/mol. The summed E-state index contributed by atoms with van der Waals surface area (Å²) in [4.78, 5) is 0. The first-order chi connectivity index (χ1) is 6.35. The van der Waals surface area contributed by atoms with Gasteiger partial charge < -0.3 is 0 Å². The Kier molecular flexibility index (Phi) is 10.6. The van der Waals surface area contributed by atoms with Crippen molar-refractivity contribution in [3.8, 4) is 0 Å². The molecule has 13 heavy (non-hydrogen) atoms. The number of hydrogen-bond donors (Lipinski definition) is 0. The topological polar surface area (TPSA) is 0 Å². The number of rotatable bonds is 7. The molecule has 0 amide bonds. The predicted octanol–water partition coefficient (Wildman–Crippen LogP) is 4.02. The van der Waals surface area contributed by atoms with Crippen LogP contribution in [0.15, 0.2) is 20.3 Å². The maximum atomic E-state index is 2.56. The van der Waals surface area contributed by atoms with Crippen LogP contribution < -0.4 is 0 Å². The van der Waals surface area contributed by atoms with Crippen molar-refractivity contribution in [2.24, 2.45) is 0 Å². The molecule has 0 unspecified atom stereocenters. The van der Waals surface area contributed by atoms with E-state index in [-0.39, 0.29) is 0 Å². The standard InChI is InChI=1S/C4H9.2C4H7.Sn.H/c3*1-3-4-2;;/h1,3-4H2,2H3;2*1,3H,4H2,2H3;;. The predicted molar refractivity (Wildman–Crippen MR) is 65.7 cm³/mol. The summed E-state index contributed by atoms with van der Waals surface area (Å²) in [6.07, 6.45) is 9.95. The van der Waals surface area contributed by atoms with E-state index >= 15 is 0 Å². The zero-order valence-corrected chi connectivity index (χ0v) is 12.7. The van der Waals surface area contributed by atoms with Crippen LogP contribution in [0.3, 0.4) is 0 Å². The Morgan fingerprint density at radius 1 is 0.923 bits per heavy atom. The SMILES string of the molecule is CC/C=[CH]/[SnH](/[CH]=C/CC)[CH2]CCC. The molecule has 0 atom stereocenters. The molecule has 0 fully saturated rings. The second-order valence-corrected chi connectivity index (χ2v) is 11.1. The molecule has 1 heteroatoms. The molecule has 0 aromatic heterocycles. The maximum absolute atomic E-state index is 2.56. The Labute approximate surface area is 90.9 Å². The zero-order chi connectivity index (χ0) is 9.94. The van der Waals surface area contributed by atoms with Crippen molar-refractivity contribution in [3.63, 3.8) is 0 Å². The minimum absolute atomic E-state index is 1.21. The zero-order valence-electron chi connectivity index (χ0n) is 9.42. The molecule has 0 nitrogen and oxygen atoms in total. The Morgan fingerprint density at radius 2 is 1.46 bits per heavy atom. The van der Waals surface area contributed by atoms with Gasteiger partial charge in [0, 0.05) is 0 Å². The van der Waals surface area contributed by atoms with Gasteiger partial charge in [0.2, 0.25) is 0 Å². The van der Waals surface area contributed by atoms with Crippen molar-refractivity contribution in [1.29, 1.82) is 0 Å². The van der Waals surface area contributed by atoms with Crippen LogP contribution in [0.5, 0.6) is 0 Å². The average molecular weight is 287 g/mol. The molecule has 76 valence electrons. The van der Waals surface area contributed by atoms with Crippen molar-refractivity contribution in [2.75, 3.05) is 0 Å². The van der Waals surface area contributed by atoms with E-state index in [2.05, 4.69) is 41.1 Å². The van der Waals surface area contributed by atoms with Crippen LogP contribution in [-0.4, -0.2) is 19.8 Å². The van der Waals surface area contributed by atoms with Gasteiger partial charge in [0.05, 0.1) is 0 Å². The van der Waals surface area contributed by atoms with E-state index in [0.29, 0.717) is 0 Å². The van der Waals surface area contributed by atoms with E-state index in [4.69, 9.17) is 0 Å². The fraction of sp³-hybridized carbons (Fsp3) is 0.667. The van der Waals surface area contributed by atoms with Gasteiger partial charge in [-0.05, 0) is 0 Å². The summed E-state index contributed by atoms with van der Waals surface area (Å²) < 4.78 is 6.64. The van der Waals surface area contributed by atoms with Crippen LogP contribution in [0, 0.1) is 0 Å². The molecule has 0 aliphatic heterocycles. The molecule has 0 aromatic rings. The first kappa shape index (κ1) is 13.3. The molecule has 0 spiro atoms. The van der Waals surface area contributed by atoms with Crippen LogP contribution >= 0.6 is 0 Å². The van der Waals surface area contributed by atoms with Gasteiger partial charge in [0.25, 0.3) is 0 Å². The van der Waals surface area contributed by atoms with Crippen LogP contribution in [0.1, 0.15) is 46.5 Å². The van der Waals surface area contributed by atoms with E-state index in [1.807, 2.05) is 0 Å². The van der Waals surface area contributed by atoms with Gasteiger partial charge in [0.15, 0.2) is 0 Å². The molecule has 0 saturated carbocycles. The summed E-state index contributed by atoms with van der Waals surface area (Å²) in [5.74, 6) is 0. The normalized spacial score (nSPS) is 12.3. The average Bonchev–Trinajstić information content (AvgIpc) is 2.17. The Hall–Kier alpha value is 0.279. The summed E-state index contributed by atoms with van der Waals surface area (Å²) >= 11 is -1.33. The molecular formula is C12H24Sn. The third-order valence-electron chi connectivity index (χ3n) is 2.13. The fourth-order valence-corrected chi connectivity index (χ4v) is 8.84. The van der Waals surface area contributed by atoms with Crippen molar-refractivity contribution in [2.45, 2.75) is 50.9 Å². The molecule has 0 N–H and O–H groups in total. The van der Waals surface area contributed by atoms with E-state index in [1.165, 1.54) is 30.1 Å². The van der Waals surface area contributed by atoms with Crippen LogP contribution in [0.25, 0.3) is 0 Å². The van der Waals surface area contributed by atoms with Gasteiger partial charge in [0.1, 0.15) is 0 Å². The van der Waals surface area contributed by atoms with E-state index in [9.17, 15) is 0 Å². The summed E-state index contributed by atoms with van der Waals surface area (Å²) in [5, 5.41) is 0. The van der Waals surface area contributed by atoms with Crippen molar-refractivity contribution in [1.82, 2.24) is 0 Å². The van der Waals surface area contributed by atoms with Gasteiger partial charge in [-0.3, -0.25) is 0 Å². The molecule has 0 aliphatic rings. The summed E-state index contributed by atoms with van der Waals surface area (Å²) in [7, 11) is 0. The Bertz CT molecular complexity index is 133. The van der Waals surface area contributed by atoms with Crippen LogP contribution in [0.2, 0.25) is 4.44 Å². The van der Waals surface area contributed by atoms with E-state index in [1.54, 1.807) is 0 Å². The monoisotopic (exact) mass is 288 g/mol. The second-order valence-electron chi connectivity index (χ2n) is 3.48. The second kappa shape index (κ2) is 10.4. The molecule has 0 aliphatic carbocycles. The molecule has 0 bridgehead atoms. The number of unbranched alkanes of at least 4 members (excludes halogenated alkanes) is 1. The van der Waals surface area contributed by atoms with Gasteiger partial charge >= 0.3 is 91.0 Å². The Morgan fingerprint density at radius 3 is 1.85 bits per heavy atom.